The minimum atomic E-state index is -0.155. The maximum Gasteiger partial charge on any atom is 0.274 e. The lowest BCUT2D eigenvalue weighted by molar-refractivity contribution is -0.126. The molecule has 0 atom stereocenters. The van der Waals surface area contributed by atoms with Crippen LogP contribution in [0.25, 0.3) is 0 Å². The zero-order valence-electron chi connectivity index (χ0n) is 11.6. The SMILES string of the molecule is CCNC(=O)C1CCN(C(=O)c2ncccc2N)CC1. The predicted octanol–water partition coefficient (Wildman–Crippen LogP) is 0.652. The Morgan fingerprint density at radius 2 is 2.15 bits per heavy atom. The molecule has 6 nitrogen and oxygen atoms in total. The number of hydrogen-bond acceptors (Lipinski definition) is 4. The lowest BCUT2D eigenvalue weighted by Crippen LogP contribution is -2.43. The molecule has 2 amide bonds. The second kappa shape index (κ2) is 6.36. The molecule has 0 radical (unpaired) electrons. The van der Waals surface area contributed by atoms with Crippen LogP contribution in [0.15, 0.2) is 18.3 Å². The number of hydrogen-bond donors (Lipinski definition) is 2. The van der Waals surface area contributed by atoms with Crippen molar-refractivity contribution in [2.24, 2.45) is 5.92 Å². The summed E-state index contributed by atoms with van der Waals surface area (Å²) in [4.78, 5) is 29.8. The molecule has 1 aromatic heterocycles. The lowest BCUT2D eigenvalue weighted by Gasteiger charge is -2.31. The number of anilines is 1. The summed E-state index contributed by atoms with van der Waals surface area (Å²) in [6.45, 7) is 3.68. The Hall–Kier alpha value is -2.11. The molecule has 2 heterocycles. The topological polar surface area (TPSA) is 88.3 Å². The van der Waals surface area contributed by atoms with Crippen molar-refractivity contribution in [3.05, 3.63) is 24.0 Å². The molecular formula is C14H20N4O2. The number of nitrogens with one attached hydrogen (secondary N) is 1. The Morgan fingerprint density at radius 3 is 2.75 bits per heavy atom. The molecule has 1 aliphatic heterocycles. The summed E-state index contributed by atoms with van der Waals surface area (Å²) in [5, 5.41) is 2.83. The van der Waals surface area contributed by atoms with Crippen LogP contribution >= 0.6 is 0 Å². The molecule has 0 saturated carbocycles. The third-order valence-electron chi connectivity index (χ3n) is 3.55. The second-order valence-corrected chi connectivity index (χ2v) is 4.90. The summed E-state index contributed by atoms with van der Waals surface area (Å²) in [5.41, 5.74) is 6.46. The van der Waals surface area contributed by atoms with Gasteiger partial charge in [0.25, 0.3) is 5.91 Å². The second-order valence-electron chi connectivity index (χ2n) is 4.90. The molecule has 3 N–H and O–H groups in total. The number of nitrogens with zero attached hydrogens (tertiary/aromatic N) is 2. The largest absolute Gasteiger partial charge is 0.397 e. The molecule has 0 aliphatic carbocycles. The molecule has 0 unspecified atom stereocenters. The van der Waals surface area contributed by atoms with Crippen LogP contribution in [-0.4, -0.2) is 41.3 Å². The van der Waals surface area contributed by atoms with Crippen molar-refractivity contribution in [1.82, 2.24) is 15.2 Å². The number of likely N-dealkylation sites (tertiary alicyclic amines) is 1. The first kappa shape index (κ1) is 14.3. The van der Waals surface area contributed by atoms with Crippen LogP contribution in [-0.2, 0) is 4.79 Å². The van der Waals surface area contributed by atoms with E-state index in [1.807, 2.05) is 6.92 Å². The van der Waals surface area contributed by atoms with E-state index in [1.54, 1.807) is 23.2 Å². The normalized spacial score (nSPS) is 15.9. The first-order valence-electron chi connectivity index (χ1n) is 6.91. The van der Waals surface area contributed by atoms with E-state index in [0.717, 1.165) is 0 Å². The average Bonchev–Trinajstić information content (AvgIpc) is 2.47. The van der Waals surface area contributed by atoms with Crippen molar-refractivity contribution in [3.8, 4) is 0 Å². The maximum absolute atomic E-state index is 12.3. The number of rotatable bonds is 3. The van der Waals surface area contributed by atoms with Crippen LogP contribution < -0.4 is 11.1 Å². The van der Waals surface area contributed by atoms with E-state index < -0.39 is 0 Å². The Kier molecular flexibility index (Phi) is 4.55. The Labute approximate surface area is 118 Å². The summed E-state index contributed by atoms with van der Waals surface area (Å²) in [7, 11) is 0. The fourth-order valence-electron chi connectivity index (χ4n) is 2.41. The third kappa shape index (κ3) is 3.07. The Morgan fingerprint density at radius 1 is 1.45 bits per heavy atom. The van der Waals surface area contributed by atoms with Gasteiger partial charge in [-0.2, -0.15) is 0 Å². The van der Waals surface area contributed by atoms with Crippen molar-refractivity contribution >= 4 is 17.5 Å². The van der Waals surface area contributed by atoms with Crippen LogP contribution in [0.2, 0.25) is 0 Å². The van der Waals surface area contributed by atoms with Crippen LogP contribution in [0.3, 0.4) is 0 Å². The van der Waals surface area contributed by atoms with Gasteiger partial charge in [-0.05, 0) is 31.9 Å². The maximum atomic E-state index is 12.3. The molecule has 6 heteroatoms. The van der Waals surface area contributed by atoms with E-state index in [2.05, 4.69) is 10.3 Å². The first-order chi connectivity index (χ1) is 9.63. The molecule has 0 spiro atoms. The summed E-state index contributed by atoms with van der Waals surface area (Å²) in [6.07, 6.45) is 2.93. The van der Waals surface area contributed by atoms with Gasteiger partial charge in [-0.25, -0.2) is 4.98 Å². The first-order valence-corrected chi connectivity index (χ1v) is 6.91. The van der Waals surface area contributed by atoms with E-state index >= 15 is 0 Å². The summed E-state index contributed by atoms with van der Waals surface area (Å²) < 4.78 is 0. The molecule has 1 aliphatic rings. The van der Waals surface area contributed by atoms with E-state index in [-0.39, 0.29) is 17.7 Å². The van der Waals surface area contributed by atoms with Crippen LogP contribution in [0.5, 0.6) is 0 Å². The van der Waals surface area contributed by atoms with E-state index in [4.69, 9.17) is 5.73 Å². The minimum absolute atomic E-state index is 0.0000736. The molecule has 20 heavy (non-hydrogen) atoms. The molecular weight excluding hydrogens is 256 g/mol. The standard InChI is InChI=1S/C14H20N4O2/c1-2-16-13(19)10-5-8-18(9-6-10)14(20)12-11(15)4-3-7-17-12/h3-4,7,10H,2,5-6,8-9,15H2,1H3,(H,16,19). The quantitative estimate of drug-likeness (QED) is 0.848. The summed E-state index contributed by atoms with van der Waals surface area (Å²) in [6, 6.07) is 3.37. The van der Waals surface area contributed by atoms with Gasteiger partial charge >= 0.3 is 0 Å². The van der Waals surface area contributed by atoms with Gasteiger partial charge < -0.3 is 16.0 Å². The number of nitrogens with two attached hydrogens (primary N) is 1. The highest BCUT2D eigenvalue weighted by molar-refractivity contribution is 5.97. The number of aromatic nitrogens is 1. The van der Waals surface area contributed by atoms with Gasteiger partial charge in [0.15, 0.2) is 5.69 Å². The molecule has 0 bridgehead atoms. The van der Waals surface area contributed by atoms with Crippen molar-refractivity contribution in [1.29, 1.82) is 0 Å². The number of pyridine rings is 1. The lowest BCUT2D eigenvalue weighted by atomic mass is 9.95. The minimum Gasteiger partial charge on any atom is -0.397 e. The summed E-state index contributed by atoms with van der Waals surface area (Å²) in [5.74, 6) is -0.0746. The number of piperidine rings is 1. The van der Waals surface area contributed by atoms with Crippen molar-refractivity contribution in [2.45, 2.75) is 19.8 Å². The zero-order chi connectivity index (χ0) is 14.5. The molecule has 1 fully saturated rings. The van der Waals surface area contributed by atoms with Gasteiger partial charge in [0, 0.05) is 31.7 Å². The number of carbonyl (C=O) groups excluding carboxylic acids is 2. The highest BCUT2D eigenvalue weighted by atomic mass is 16.2. The average molecular weight is 276 g/mol. The van der Waals surface area contributed by atoms with Crippen molar-refractivity contribution in [2.75, 3.05) is 25.4 Å². The number of nitrogen functional groups attached to an aromatic ring is 1. The van der Waals surface area contributed by atoms with Gasteiger partial charge in [-0.1, -0.05) is 0 Å². The monoisotopic (exact) mass is 276 g/mol. The Balaban J connectivity index is 1.96. The van der Waals surface area contributed by atoms with Gasteiger partial charge in [0.1, 0.15) is 0 Å². The highest BCUT2D eigenvalue weighted by Crippen LogP contribution is 2.20. The van der Waals surface area contributed by atoms with E-state index in [1.165, 1.54) is 0 Å². The number of amides is 2. The predicted molar refractivity (Wildman–Crippen MR) is 76.0 cm³/mol. The fourth-order valence-corrected chi connectivity index (χ4v) is 2.41. The molecule has 1 saturated heterocycles. The van der Waals surface area contributed by atoms with E-state index in [0.29, 0.717) is 43.9 Å². The number of carbonyl (C=O) groups is 2. The van der Waals surface area contributed by atoms with Gasteiger partial charge in [-0.15, -0.1) is 0 Å². The molecule has 1 aromatic rings. The molecule has 0 aromatic carbocycles. The third-order valence-corrected chi connectivity index (χ3v) is 3.55. The molecule has 108 valence electrons. The fraction of sp³-hybridized carbons (Fsp3) is 0.500. The Bertz CT molecular complexity index is 496. The zero-order valence-corrected chi connectivity index (χ0v) is 11.6. The van der Waals surface area contributed by atoms with Gasteiger partial charge in [-0.3, -0.25) is 9.59 Å². The van der Waals surface area contributed by atoms with Crippen LogP contribution in [0.1, 0.15) is 30.3 Å². The van der Waals surface area contributed by atoms with Gasteiger partial charge in [0.05, 0.1) is 5.69 Å². The van der Waals surface area contributed by atoms with Crippen LogP contribution in [0, 0.1) is 5.92 Å². The van der Waals surface area contributed by atoms with Crippen LogP contribution in [0.4, 0.5) is 5.69 Å². The van der Waals surface area contributed by atoms with E-state index in [9.17, 15) is 9.59 Å². The summed E-state index contributed by atoms with van der Waals surface area (Å²) >= 11 is 0. The van der Waals surface area contributed by atoms with Crippen molar-refractivity contribution < 1.29 is 9.59 Å². The van der Waals surface area contributed by atoms with Gasteiger partial charge in [0.2, 0.25) is 5.91 Å². The highest BCUT2D eigenvalue weighted by Gasteiger charge is 2.28. The van der Waals surface area contributed by atoms with Crippen molar-refractivity contribution in [3.63, 3.8) is 0 Å². The smallest absolute Gasteiger partial charge is 0.274 e. The molecule has 2 rings (SSSR count).